The van der Waals surface area contributed by atoms with E-state index in [1.54, 1.807) is 0 Å². The van der Waals surface area contributed by atoms with Gasteiger partial charge in [-0.3, -0.25) is 0 Å². The molecule has 1 N–H and O–H groups in total. The van der Waals surface area contributed by atoms with Crippen molar-refractivity contribution in [1.29, 1.82) is 0 Å². The van der Waals surface area contributed by atoms with Gasteiger partial charge in [-0.05, 0) is 43.3 Å². The molecule has 0 spiro atoms. The van der Waals surface area contributed by atoms with Gasteiger partial charge in [0, 0.05) is 10.9 Å². The molecule has 74 valence electrons. The van der Waals surface area contributed by atoms with Gasteiger partial charge in [0.05, 0.1) is 0 Å². The van der Waals surface area contributed by atoms with Crippen LogP contribution in [0.2, 0.25) is 0 Å². The van der Waals surface area contributed by atoms with E-state index in [4.69, 9.17) is 0 Å². The average molecular weight is 215 g/mol. The van der Waals surface area contributed by atoms with Crippen LogP contribution in [0, 0.1) is 0 Å². The summed E-state index contributed by atoms with van der Waals surface area (Å²) in [5.74, 6) is 1.25. The van der Waals surface area contributed by atoms with E-state index in [-0.39, 0.29) is 0 Å². The normalized spacial score (nSPS) is 13.1. The van der Waals surface area contributed by atoms with Crippen molar-refractivity contribution in [3.8, 4) is 0 Å². The smallest absolute Gasteiger partial charge is 0.0386 e. The highest BCUT2D eigenvalue weighted by molar-refractivity contribution is 7.98. The van der Waals surface area contributed by atoms with E-state index in [2.05, 4.69) is 36.0 Å². The maximum atomic E-state index is 3.52. The molecule has 1 rings (SSSR count). The van der Waals surface area contributed by atoms with E-state index >= 15 is 0 Å². The van der Waals surface area contributed by atoms with Gasteiger partial charge in [-0.15, -0.1) is 11.3 Å². The quantitative estimate of drug-likeness (QED) is 0.732. The molecule has 0 unspecified atom stereocenters. The highest BCUT2D eigenvalue weighted by atomic mass is 32.2. The van der Waals surface area contributed by atoms with Gasteiger partial charge in [0.15, 0.2) is 0 Å². The van der Waals surface area contributed by atoms with Crippen LogP contribution in [-0.4, -0.2) is 18.6 Å². The summed E-state index contributed by atoms with van der Waals surface area (Å²) in [6.45, 7) is 3.35. The Labute approximate surface area is 88.9 Å². The third-order valence-electron chi connectivity index (χ3n) is 1.95. The SMILES string of the molecule is CSCCCN[C@@H](C)c1cccs1. The lowest BCUT2D eigenvalue weighted by atomic mass is 10.2. The number of hydrogen-bond donors (Lipinski definition) is 1. The molecule has 1 atom stereocenters. The van der Waals surface area contributed by atoms with Gasteiger partial charge in [0.2, 0.25) is 0 Å². The lowest BCUT2D eigenvalue weighted by Gasteiger charge is -2.11. The van der Waals surface area contributed by atoms with E-state index < -0.39 is 0 Å². The Bertz CT molecular complexity index is 209. The number of hydrogen-bond acceptors (Lipinski definition) is 3. The molecular weight excluding hydrogens is 198 g/mol. The number of thioether (sulfide) groups is 1. The monoisotopic (exact) mass is 215 g/mol. The second kappa shape index (κ2) is 6.46. The minimum atomic E-state index is 0.516. The van der Waals surface area contributed by atoms with Gasteiger partial charge in [-0.2, -0.15) is 11.8 Å². The van der Waals surface area contributed by atoms with E-state index in [9.17, 15) is 0 Å². The number of rotatable bonds is 6. The molecule has 1 nitrogen and oxygen atoms in total. The molecule has 1 heterocycles. The van der Waals surface area contributed by atoms with Crippen molar-refractivity contribution in [2.45, 2.75) is 19.4 Å². The summed E-state index contributed by atoms with van der Waals surface area (Å²) in [5.41, 5.74) is 0. The first-order valence-electron chi connectivity index (χ1n) is 4.60. The predicted octanol–water partition coefficient (Wildman–Crippen LogP) is 3.15. The Morgan fingerprint density at radius 2 is 2.46 bits per heavy atom. The highest BCUT2D eigenvalue weighted by Gasteiger charge is 2.03. The van der Waals surface area contributed by atoms with Gasteiger partial charge in [-0.25, -0.2) is 0 Å². The molecular formula is C10H17NS2. The molecule has 0 aliphatic rings. The molecule has 1 aromatic heterocycles. The Kier molecular flexibility index (Phi) is 5.51. The zero-order valence-corrected chi connectivity index (χ0v) is 9.88. The summed E-state index contributed by atoms with van der Waals surface area (Å²) in [6, 6.07) is 4.82. The van der Waals surface area contributed by atoms with E-state index in [1.165, 1.54) is 17.1 Å². The summed E-state index contributed by atoms with van der Waals surface area (Å²) >= 11 is 3.74. The minimum absolute atomic E-state index is 0.516. The lowest BCUT2D eigenvalue weighted by molar-refractivity contribution is 0.580. The first kappa shape index (κ1) is 11.1. The zero-order valence-electron chi connectivity index (χ0n) is 8.25. The van der Waals surface area contributed by atoms with Crippen molar-refractivity contribution in [3.05, 3.63) is 22.4 Å². The summed E-state index contributed by atoms with van der Waals surface area (Å²) in [6.07, 6.45) is 3.42. The molecule has 0 radical (unpaired) electrons. The van der Waals surface area contributed by atoms with Crippen LogP contribution in [0.4, 0.5) is 0 Å². The van der Waals surface area contributed by atoms with E-state index in [1.807, 2.05) is 23.1 Å². The van der Waals surface area contributed by atoms with E-state index in [0.29, 0.717) is 6.04 Å². The Balaban J connectivity index is 2.15. The molecule has 0 bridgehead atoms. The van der Waals surface area contributed by atoms with Gasteiger partial charge in [-0.1, -0.05) is 6.07 Å². The van der Waals surface area contributed by atoms with Crippen LogP contribution >= 0.6 is 23.1 Å². The predicted molar refractivity (Wildman–Crippen MR) is 63.7 cm³/mol. The molecule has 1 aromatic rings. The first-order chi connectivity index (χ1) is 6.34. The lowest BCUT2D eigenvalue weighted by Crippen LogP contribution is -2.19. The van der Waals surface area contributed by atoms with Crippen molar-refractivity contribution in [2.24, 2.45) is 0 Å². The van der Waals surface area contributed by atoms with Gasteiger partial charge >= 0.3 is 0 Å². The molecule has 0 amide bonds. The fourth-order valence-electron chi connectivity index (χ4n) is 1.17. The van der Waals surface area contributed by atoms with Gasteiger partial charge in [0.25, 0.3) is 0 Å². The molecule has 0 aromatic carbocycles. The second-order valence-electron chi connectivity index (χ2n) is 3.04. The second-order valence-corrected chi connectivity index (χ2v) is 5.00. The Morgan fingerprint density at radius 3 is 3.08 bits per heavy atom. The van der Waals surface area contributed by atoms with Crippen molar-refractivity contribution < 1.29 is 0 Å². The molecule has 0 fully saturated rings. The minimum Gasteiger partial charge on any atom is -0.309 e. The van der Waals surface area contributed by atoms with Gasteiger partial charge < -0.3 is 5.32 Å². The van der Waals surface area contributed by atoms with Crippen molar-refractivity contribution in [1.82, 2.24) is 5.32 Å². The maximum Gasteiger partial charge on any atom is 0.0386 e. The Hall–Kier alpha value is 0.01000. The molecule has 0 saturated carbocycles. The van der Waals surface area contributed by atoms with Crippen LogP contribution in [-0.2, 0) is 0 Å². The van der Waals surface area contributed by atoms with Gasteiger partial charge in [0.1, 0.15) is 0 Å². The molecule has 0 aliphatic heterocycles. The maximum absolute atomic E-state index is 3.52. The van der Waals surface area contributed by atoms with Crippen LogP contribution in [0.1, 0.15) is 24.3 Å². The molecule has 3 heteroatoms. The molecule has 13 heavy (non-hydrogen) atoms. The standard InChI is InChI=1S/C10H17NS2/c1-9(10-5-3-8-13-10)11-6-4-7-12-2/h3,5,8-9,11H,4,6-7H2,1-2H3/t9-/m0/s1. The highest BCUT2D eigenvalue weighted by Crippen LogP contribution is 2.17. The van der Waals surface area contributed by atoms with Crippen molar-refractivity contribution in [2.75, 3.05) is 18.6 Å². The largest absolute Gasteiger partial charge is 0.309 e. The van der Waals surface area contributed by atoms with Crippen LogP contribution in [0.15, 0.2) is 17.5 Å². The van der Waals surface area contributed by atoms with E-state index in [0.717, 1.165) is 6.54 Å². The van der Waals surface area contributed by atoms with Crippen LogP contribution in [0.3, 0.4) is 0 Å². The van der Waals surface area contributed by atoms with Crippen LogP contribution in [0.5, 0.6) is 0 Å². The number of nitrogens with one attached hydrogen (secondary N) is 1. The third kappa shape index (κ3) is 4.16. The van der Waals surface area contributed by atoms with Crippen molar-refractivity contribution >= 4 is 23.1 Å². The van der Waals surface area contributed by atoms with Crippen LogP contribution < -0.4 is 5.32 Å². The van der Waals surface area contributed by atoms with Crippen LogP contribution in [0.25, 0.3) is 0 Å². The fraction of sp³-hybridized carbons (Fsp3) is 0.600. The summed E-state index contributed by atoms with van der Waals surface area (Å²) < 4.78 is 0. The zero-order chi connectivity index (χ0) is 9.52. The average Bonchev–Trinajstić information content (AvgIpc) is 2.65. The third-order valence-corrected chi connectivity index (χ3v) is 3.70. The Morgan fingerprint density at radius 1 is 1.62 bits per heavy atom. The number of thiophene rings is 1. The topological polar surface area (TPSA) is 12.0 Å². The first-order valence-corrected chi connectivity index (χ1v) is 6.87. The summed E-state index contributed by atoms with van der Waals surface area (Å²) in [5, 5.41) is 5.65. The molecule has 0 saturated heterocycles. The molecule has 0 aliphatic carbocycles. The summed E-state index contributed by atoms with van der Waals surface area (Å²) in [4.78, 5) is 1.43. The van der Waals surface area contributed by atoms with Crippen molar-refractivity contribution in [3.63, 3.8) is 0 Å². The summed E-state index contributed by atoms with van der Waals surface area (Å²) in [7, 11) is 0. The fourth-order valence-corrected chi connectivity index (χ4v) is 2.37.